The Morgan fingerprint density at radius 3 is 2.41 bits per heavy atom. The van der Waals surface area contributed by atoms with Crippen LogP contribution in [0.5, 0.6) is 11.5 Å². The highest BCUT2D eigenvalue weighted by molar-refractivity contribution is 5.36. The average molecular weight is 393 g/mol. The van der Waals surface area contributed by atoms with Gasteiger partial charge in [-0.15, -0.1) is 0 Å². The molecule has 0 heterocycles. The lowest BCUT2D eigenvalue weighted by Gasteiger charge is -2.26. The first-order valence-corrected chi connectivity index (χ1v) is 10.1. The van der Waals surface area contributed by atoms with E-state index >= 15 is 0 Å². The van der Waals surface area contributed by atoms with Crippen molar-refractivity contribution in [3.05, 3.63) is 94.8 Å². The van der Waals surface area contributed by atoms with Crippen LogP contribution in [0.25, 0.3) is 0 Å². The van der Waals surface area contributed by atoms with Crippen LogP contribution < -0.4 is 4.74 Å². The average Bonchev–Trinajstić information content (AvgIpc) is 2.71. The molecule has 0 bridgehead atoms. The van der Waals surface area contributed by atoms with E-state index in [0.29, 0.717) is 19.0 Å². The van der Waals surface area contributed by atoms with Gasteiger partial charge in [0, 0.05) is 5.41 Å². The van der Waals surface area contributed by atoms with Crippen LogP contribution in [0.3, 0.4) is 0 Å². The van der Waals surface area contributed by atoms with Gasteiger partial charge in [-0.1, -0.05) is 63.2 Å². The van der Waals surface area contributed by atoms with Crippen molar-refractivity contribution in [1.29, 1.82) is 0 Å². The molecule has 2 nitrogen and oxygen atoms in total. The number of ether oxygens (including phenoxy) is 2. The molecule has 29 heavy (non-hydrogen) atoms. The molecule has 3 heteroatoms. The van der Waals surface area contributed by atoms with Gasteiger partial charge in [0.25, 0.3) is 0 Å². The first kappa shape index (κ1) is 21.1. The van der Waals surface area contributed by atoms with E-state index in [1.54, 1.807) is 24.3 Å². The van der Waals surface area contributed by atoms with E-state index in [1.807, 2.05) is 18.2 Å². The Morgan fingerprint density at radius 1 is 0.931 bits per heavy atom. The summed E-state index contributed by atoms with van der Waals surface area (Å²) < 4.78 is 25.8. The zero-order valence-electron chi connectivity index (χ0n) is 17.7. The Balaban J connectivity index is 1.64. The van der Waals surface area contributed by atoms with Crippen LogP contribution in [-0.4, -0.2) is 6.61 Å². The van der Waals surface area contributed by atoms with Crippen LogP contribution in [0.2, 0.25) is 0 Å². The molecule has 0 atom stereocenters. The number of aryl methyl sites for hydroxylation is 2. The first-order chi connectivity index (χ1) is 13.9. The molecule has 152 valence electrons. The van der Waals surface area contributed by atoms with E-state index in [9.17, 15) is 4.39 Å². The molecule has 3 aromatic rings. The van der Waals surface area contributed by atoms with Gasteiger partial charge in [0.1, 0.15) is 5.75 Å². The maximum atomic E-state index is 14.1. The highest BCUT2D eigenvalue weighted by Crippen LogP contribution is 2.28. The molecule has 0 N–H and O–H groups in total. The quantitative estimate of drug-likeness (QED) is 0.411. The summed E-state index contributed by atoms with van der Waals surface area (Å²) in [5.41, 5.74) is 4.74. The smallest absolute Gasteiger partial charge is 0.165 e. The molecule has 0 aromatic heterocycles. The maximum Gasteiger partial charge on any atom is 0.165 e. The zero-order chi connectivity index (χ0) is 20.9. The molecule has 3 rings (SSSR count). The topological polar surface area (TPSA) is 18.5 Å². The molecule has 0 aliphatic heterocycles. The van der Waals surface area contributed by atoms with Crippen molar-refractivity contribution in [2.75, 3.05) is 6.61 Å². The second kappa shape index (κ2) is 9.23. The molecule has 0 unspecified atom stereocenters. The molecule has 0 saturated carbocycles. The van der Waals surface area contributed by atoms with E-state index in [0.717, 1.165) is 12.0 Å². The lowest BCUT2D eigenvalue weighted by atomic mass is 9.83. The van der Waals surface area contributed by atoms with Gasteiger partial charge in [-0.3, -0.25) is 0 Å². The Labute approximate surface area is 173 Å². The van der Waals surface area contributed by atoms with Crippen LogP contribution in [0.1, 0.15) is 43.0 Å². The van der Waals surface area contributed by atoms with Gasteiger partial charge in [0.15, 0.2) is 11.6 Å². The largest absolute Gasteiger partial charge is 0.454 e. The summed E-state index contributed by atoms with van der Waals surface area (Å²) in [4.78, 5) is 0. The summed E-state index contributed by atoms with van der Waals surface area (Å²) in [6.07, 6.45) is 1.02. The van der Waals surface area contributed by atoms with Crippen LogP contribution in [0.4, 0.5) is 4.39 Å². The summed E-state index contributed by atoms with van der Waals surface area (Å²) in [5, 5.41) is 0. The summed E-state index contributed by atoms with van der Waals surface area (Å²) in [6.45, 7) is 9.68. The van der Waals surface area contributed by atoms with Crippen molar-refractivity contribution in [3.63, 3.8) is 0 Å². The predicted molar refractivity (Wildman–Crippen MR) is 116 cm³/mol. The molecule has 0 aliphatic rings. The summed E-state index contributed by atoms with van der Waals surface area (Å²) in [5.74, 6) is 0.434. The third kappa shape index (κ3) is 5.45. The van der Waals surface area contributed by atoms with E-state index in [1.165, 1.54) is 22.8 Å². The molecule has 0 radical (unpaired) electrons. The minimum absolute atomic E-state index is 0.110. The lowest BCUT2D eigenvalue weighted by Crippen LogP contribution is -2.24. The lowest BCUT2D eigenvalue weighted by molar-refractivity contribution is 0.0823. The second-order valence-corrected chi connectivity index (χ2v) is 8.05. The molecule has 0 saturated heterocycles. The van der Waals surface area contributed by atoms with E-state index in [-0.39, 0.29) is 17.0 Å². The minimum Gasteiger partial charge on any atom is -0.454 e. The van der Waals surface area contributed by atoms with Crippen molar-refractivity contribution in [2.45, 2.75) is 46.1 Å². The third-order valence-corrected chi connectivity index (χ3v) is 5.21. The molecule has 0 aliphatic carbocycles. The fraction of sp³-hybridized carbons (Fsp3) is 0.308. The van der Waals surface area contributed by atoms with Crippen molar-refractivity contribution in [3.8, 4) is 11.5 Å². The highest BCUT2D eigenvalue weighted by atomic mass is 19.1. The van der Waals surface area contributed by atoms with E-state index < -0.39 is 0 Å². The summed E-state index contributed by atoms with van der Waals surface area (Å²) in [7, 11) is 0. The third-order valence-electron chi connectivity index (χ3n) is 5.21. The summed E-state index contributed by atoms with van der Waals surface area (Å²) in [6, 6.07) is 20.7. The van der Waals surface area contributed by atoms with Crippen molar-refractivity contribution < 1.29 is 13.9 Å². The standard InChI is InChI=1S/C26H29FO2/c1-5-21-16-22(13-11-19(21)2)26(3,4)18-28-17-20-12-14-24(27)25(15-20)29-23-9-7-6-8-10-23/h6-16H,5,17-18H2,1-4H3. The monoisotopic (exact) mass is 392 g/mol. The van der Waals surface area contributed by atoms with Crippen LogP contribution in [-0.2, 0) is 23.2 Å². The van der Waals surface area contributed by atoms with Gasteiger partial charge in [0.2, 0.25) is 0 Å². The Morgan fingerprint density at radius 2 is 1.69 bits per heavy atom. The molecule has 3 aromatic carbocycles. The molecular formula is C26H29FO2. The normalized spacial score (nSPS) is 11.5. The minimum atomic E-state index is -0.385. The van der Waals surface area contributed by atoms with Gasteiger partial charge < -0.3 is 9.47 Å². The Bertz CT molecular complexity index is 948. The van der Waals surface area contributed by atoms with Gasteiger partial charge in [-0.05, 0) is 59.9 Å². The predicted octanol–water partition coefficient (Wildman–Crippen LogP) is 6.98. The Hall–Kier alpha value is -2.65. The molecular weight excluding hydrogens is 363 g/mol. The van der Waals surface area contributed by atoms with Gasteiger partial charge >= 0.3 is 0 Å². The molecule has 0 amide bonds. The van der Waals surface area contributed by atoms with E-state index in [2.05, 4.69) is 45.9 Å². The van der Waals surface area contributed by atoms with Crippen molar-refractivity contribution in [2.24, 2.45) is 0 Å². The maximum absolute atomic E-state index is 14.1. The second-order valence-electron chi connectivity index (χ2n) is 8.05. The number of hydrogen-bond donors (Lipinski definition) is 0. The molecule has 0 fully saturated rings. The number of benzene rings is 3. The number of hydrogen-bond acceptors (Lipinski definition) is 2. The van der Waals surface area contributed by atoms with Gasteiger partial charge in [0.05, 0.1) is 13.2 Å². The number of rotatable bonds is 8. The van der Waals surface area contributed by atoms with Crippen LogP contribution in [0.15, 0.2) is 66.7 Å². The van der Waals surface area contributed by atoms with Crippen LogP contribution >= 0.6 is 0 Å². The van der Waals surface area contributed by atoms with Gasteiger partial charge in [-0.2, -0.15) is 0 Å². The van der Waals surface area contributed by atoms with E-state index in [4.69, 9.17) is 9.47 Å². The van der Waals surface area contributed by atoms with Gasteiger partial charge in [-0.25, -0.2) is 4.39 Å². The molecule has 0 spiro atoms. The first-order valence-electron chi connectivity index (χ1n) is 10.1. The zero-order valence-corrected chi connectivity index (χ0v) is 17.7. The fourth-order valence-corrected chi connectivity index (χ4v) is 3.31. The van der Waals surface area contributed by atoms with Crippen molar-refractivity contribution in [1.82, 2.24) is 0 Å². The van der Waals surface area contributed by atoms with Crippen LogP contribution in [0, 0.1) is 12.7 Å². The fourth-order valence-electron chi connectivity index (χ4n) is 3.31. The SMILES string of the molecule is CCc1cc(C(C)(C)COCc2ccc(F)c(Oc3ccccc3)c2)ccc1C. The van der Waals surface area contributed by atoms with Crippen molar-refractivity contribution >= 4 is 0 Å². The summed E-state index contributed by atoms with van der Waals surface area (Å²) >= 11 is 0. The number of para-hydroxylation sites is 1. The Kier molecular flexibility index (Phi) is 6.71. The highest BCUT2D eigenvalue weighted by Gasteiger charge is 2.21. The number of halogens is 1.